The third-order valence-corrected chi connectivity index (χ3v) is 7.01. The van der Waals surface area contributed by atoms with E-state index in [0.717, 1.165) is 24.8 Å². The Morgan fingerprint density at radius 1 is 1.12 bits per heavy atom. The summed E-state index contributed by atoms with van der Waals surface area (Å²) in [5, 5.41) is 0.670. The van der Waals surface area contributed by atoms with Crippen molar-refractivity contribution in [2.45, 2.75) is 37.0 Å². The summed E-state index contributed by atoms with van der Waals surface area (Å²) in [5.41, 5.74) is 1.54. The van der Waals surface area contributed by atoms with Gasteiger partial charge in [0.05, 0.1) is 4.90 Å². The molecule has 0 N–H and O–H groups in total. The Morgan fingerprint density at radius 3 is 2.52 bits per heavy atom. The van der Waals surface area contributed by atoms with Gasteiger partial charge in [-0.25, -0.2) is 12.8 Å². The van der Waals surface area contributed by atoms with Crippen molar-refractivity contribution in [3.63, 3.8) is 0 Å². The highest BCUT2D eigenvalue weighted by Gasteiger charge is 2.30. The van der Waals surface area contributed by atoms with Crippen molar-refractivity contribution < 1.29 is 12.8 Å². The molecule has 1 aliphatic rings. The lowest BCUT2D eigenvalue weighted by atomic mass is 9.95. The highest BCUT2D eigenvalue weighted by molar-refractivity contribution is 7.89. The fourth-order valence-electron chi connectivity index (χ4n) is 3.37. The third-order valence-electron chi connectivity index (χ3n) is 4.73. The van der Waals surface area contributed by atoms with Crippen LogP contribution in [0.2, 0.25) is 5.02 Å². The van der Waals surface area contributed by atoms with Crippen molar-refractivity contribution in [1.82, 2.24) is 4.31 Å². The van der Waals surface area contributed by atoms with Crippen molar-refractivity contribution in [3.05, 3.63) is 64.4 Å². The first-order valence-corrected chi connectivity index (χ1v) is 10.2. The van der Waals surface area contributed by atoms with Crippen molar-refractivity contribution >= 4 is 21.6 Å². The smallest absolute Gasteiger partial charge is 0.207 e. The van der Waals surface area contributed by atoms with E-state index in [1.54, 1.807) is 11.2 Å². The number of nitrogens with zero attached hydrogens (tertiary/aromatic N) is 1. The van der Waals surface area contributed by atoms with Crippen molar-refractivity contribution in [1.29, 1.82) is 0 Å². The minimum Gasteiger partial charge on any atom is -0.207 e. The van der Waals surface area contributed by atoms with Crippen LogP contribution in [0.25, 0.3) is 0 Å². The van der Waals surface area contributed by atoms with Gasteiger partial charge in [-0.15, -0.1) is 0 Å². The minimum absolute atomic E-state index is 0.135. The van der Waals surface area contributed by atoms with Gasteiger partial charge in [0, 0.05) is 18.1 Å². The maximum absolute atomic E-state index is 13.3. The fourth-order valence-corrected chi connectivity index (χ4v) is 5.23. The summed E-state index contributed by atoms with van der Waals surface area (Å²) in [7, 11) is -3.64. The summed E-state index contributed by atoms with van der Waals surface area (Å²) >= 11 is 5.96. The van der Waals surface area contributed by atoms with Gasteiger partial charge >= 0.3 is 0 Å². The molecule has 0 aromatic heterocycles. The van der Waals surface area contributed by atoms with E-state index in [4.69, 9.17) is 11.6 Å². The topological polar surface area (TPSA) is 37.4 Å². The molecular formula is C19H21ClFNO2S. The van der Waals surface area contributed by atoms with Crippen LogP contribution < -0.4 is 0 Å². The van der Waals surface area contributed by atoms with Gasteiger partial charge in [0.1, 0.15) is 5.82 Å². The first-order valence-electron chi connectivity index (χ1n) is 8.40. The van der Waals surface area contributed by atoms with Crippen LogP contribution in [0.5, 0.6) is 0 Å². The van der Waals surface area contributed by atoms with E-state index in [1.165, 1.54) is 18.2 Å². The number of benzene rings is 2. The summed E-state index contributed by atoms with van der Waals surface area (Å²) in [4.78, 5) is 0.186. The summed E-state index contributed by atoms with van der Waals surface area (Å²) in [6.45, 7) is 2.55. The average Bonchev–Trinajstić information content (AvgIpc) is 2.82. The van der Waals surface area contributed by atoms with E-state index in [0.29, 0.717) is 23.7 Å². The zero-order valence-electron chi connectivity index (χ0n) is 14.1. The Balaban J connectivity index is 1.90. The van der Waals surface area contributed by atoms with Gasteiger partial charge in [-0.3, -0.25) is 0 Å². The van der Waals surface area contributed by atoms with Gasteiger partial charge < -0.3 is 0 Å². The molecular weight excluding hydrogens is 361 g/mol. The molecule has 2 aromatic rings. The largest absolute Gasteiger partial charge is 0.243 e. The number of rotatable bonds is 3. The maximum atomic E-state index is 13.3. The van der Waals surface area contributed by atoms with Crippen molar-refractivity contribution in [2.24, 2.45) is 0 Å². The number of hydrogen-bond acceptors (Lipinski definition) is 2. The van der Waals surface area contributed by atoms with Crippen LogP contribution in [0.3, 0.4) is 0 Å². The van der Waals surface area contributed by atoms with Crippen LogP contribution in [0.1, 0.15) is 36.3 Å². The first-order chi connectivity index (χ1) is 11.9. The SMILES string of the molecule is Cc1cc(F)ccc1S(=O)(=O)N1CCCCC(c2ccc(Cl)cc2)C1. The maximum Gasteiger partial charge on any atom is 0.243 e. The van der Waals surface area contributed by atoms with Crippen LogP contribution >= 0.6 is 11.6 Å². The second-order valence-corrected chi connectivity index (χ2v) is 8.86. The monoisotopic (exact) mass is 381 g/mol. The second kappa shape index (κ2) is 7.44. The molecule has 0 saturated carbocycles. The summed E-state index contributed by atoms with van der Waals surface area (Å²) in [6.07, 6.45) is 2.74. The van der Waals surface area contributed by atoms with E-state index in [1.807, 2.05) is 24.3 Å². The average molecular weight is 382 g/mol. The molecule has 2 aromatic carbocycles. The number of aryl methyl sites for hydroxylation is 1. The van der Waals surface area contributed by atoms with E-state index in [-0.39, 0.29) is 10.8 Å². The molecule has 1 aliphatic heterocycles. The molecule has 1 saturated heterocycles. The normalized spacial score (nSPS) is 19.6. The zero-order valence-corrected chi connectivity index (χ0v) is 15.7. The number of sulfonamides is 1. The quantitative estimate of drug-likeness (QED) is 0.769. The molecule has 0 bridgehead atoms. The van der Waals surface area contributed by atoms with Gasteiger partial charge in [-0.05, 0) is 67.1 Å². The molecule has 1 heterocycles. The minimum atomic E-state index is -3.64. The Hall–Kier alpha value is -1.43. The molecule has 0 spiro atoms. The summed E-state index contributed by atoms with van der Waals surface area (Å²) < 4.78 is 41.1. The molecule has 3 nitrogen and oxygen atoms in total. The predicted octanol–water partition coefficient (Wildman–Crippen LogP) is 4.75. The molecule has 6 heteroatoms. The Bertz CT molecular complexity index is 852. The first kappa shape index (κ1) is 18.4. The highest BCUT2D eigenvalue weighted by atomic mass is 35.5. The van der Waals surface area contributed by atoms with Crippen LogP contribution in [0.15, 0.2) is 47.4 Å². The van der Waals surface area contributed by atoms with Crippen LogP contribution in [0.4, 0.5) is 4.39 Å². The Labute approximate surface area is 153 Å². The lowest BCUT2D eigenvalue weighted by molar-refractivity contribution is 0.406. The van der Waals surface area contributed by atoms with Crippen molar-refractivity contribution in [2.75, 3.05) is 13.1 Å². The second-order valence-electron chi connectivity index (χ2n) is 6.52. The molecule has 0 amide bonds. The predicted molar refractivity (Wildman–Crippen MR) is 97.9 cm³/mol. The summed E-state index contributed by atoms with van der Waals surface area (Å²) in [6, 6.07) is 11.4. The van der Waals surface area contributed by atoms with Gasteiger partial charge in [0.25, 0.3) is 0 Å². The lowest BCUT2D eigenvalue weighted by Gasteiger charge is -2.25. The molecule has 25 heavy (non-hydrogen) atoms. The van der Waals surface area contributed by atoms with E-state index in [2.05, 4.69) is 0 Å². The number of hydrogen-bond donors (Lipinski definition) is 0. The molecule has 1 unspecified atom stereocenters. The number of halogens is 2. The van der Waals surface area contributed by atoms with Crippen LogP contribution in [0, 0.1) is 12.7 Å². The molecule has 134 valence electrons. The van der Waals surface area contributed by atoms with E-state index >= 15 is 0 Å². The van der Waals surface area contributed by atoms with Crippen molar-refractivity contribution in [3.8, 4) is 0 Å². The molecule has 0 aliphatic carbocycles. The van der Waals surface area contributed by atoms with Gasteiger partial charge in [-0.2, -0.15) is 4.31 Å². The van der Waals surface area contributed by atoms with Gasteiger partial charge in [0.2, 0.25) is 10.0 Å². The molecule has 1 atom stereocenters. The van der Waals surface area contributed by atoms with E-state index in [9.17, 15) is 12.8 Å². The molecule has 1 fully saturated rings. The molecule has 3 rings (SSSR count). The Morgan fingerprint density at radius 2 is 1.84 bits per heavy atom. The molecule has 0 radical (unpaired) electrons. The lowest BCUT2D eigenvalue weighted by Crippen LogP contribution is -2.34. The standard InChI is InChI=1S/C19H21ClFNO2S/c1-14-12-18(21)9-10-19(14)25(23,24)22-11-3-2-4-16(13-22)15-5-7-17(20)8-6-15/h5-10,12,16H,2-4,11,13H2,1H3. The summed E-state index contributed by atoms with van der Waals surface area (Å²) in [5.74, 6) is -0.290. The Kier molecular flexibility index (Phi) is 5.46. The zero-order chi connectivity index (χ0) is 18.0. The van der Waals surface area contributed by atoms with E-state index < -0.39 is 15.8 Å². The third kappa shape index (κ3) is 4.05. The fraction of sp³-hybridized carbons (Fsp3) is 0.368. The van der Waals surface area contributed by atoms with Crippen LogP contribution in [-0.4, -0.2) is 25.8 Å². The van der Waals surface area contributed by atoms with Gasteiger partial charge in [0.15, 0.2) is 0 Å². The van der Waals surface area contributed by atoms with Gasteiger partial charge in [-0.1, -0.05) is 30.2 Å². The highest BCUT2D eigenvalue weighted by Crippen LogP contribution is 2.31. The van der Waals surface area contributed by atoms with Crippen LogP contribution in [-0.2, 0) is 10.0 Å².